The van der Waals surface area contributed by atoms with Gasteiger partial charge in [0, 0.05) is 0 Å². The molecule has 3 atom stereocenters. The van der Waals surface area contributed by atoms with E-state index in [1.54, 1.807) is 44.9 Å². The van der Waals surface area contributed by atoms with Crippen LogP contribution in [0, 0.1) is 29.6 Å². The second kappa shape index (κ2) is 8.02. The van der Waals surface area contributed by atoms with E-state index in [1.807, 2.05) is 0 Å². The fourth-order valence-electron chi connectivity index (χ4n) is 6.12. The lowest BCUT2D eigenvalue weighted by molar-refractivity contribution is 0.114. The molecule has 0 amide bonds. The molecule has 0 heterocycles. The summed E-state index contributed by atoms with van der Waals surface area (Å²) in [7, 11) is 0. The monoisotopic (exact) mass is 290 g/mol. The van der Waals surface area contributed by atoms with Gasteiger partial charge in [-0.05, 0) is 36.0 Å². The normalized spacial score (nSPS) is 43.0. The van der Waals surface area contributed by atoms with Crippen molar-refractivity contribution in [2.75, 3.05) is 0 Å². The highest BCUT2D eigenvalue weighted by atomic mass is 14.4. The van der Waals surface area contributed by atoms with Gasteiger partial charge in [0.15, 0.2) is 0 Å². The van der Waals surface area contributed by atoms with Gasteiger partial charge in [0.2, 0.25) is 0 Å². The van der Waals surface area contributed by atoms with Crippen molar-refractivity contribution in [3.05, 3.63) is 0 Å². The van der Waals surface area contributed by atoms with Gasteiger partial charge in [0.05, 0.1) is 0 Å². The molecule has 0 aromatic heterocycles. The van der Waals surface area contributed by atoms with E-state index >= 15 is 0 Å². The summed E-state index contributed by atoms with van der Waals surface area (Å²) in [5.74, 6) is 5.61. The SMILES string of the molecule is C1CCC2CCCCC2C1.CC1CCCC2CCCCC12. The molecule has 0 saturated heterocycles. The lowest BCUT2D eigenvalue weighted by Crippen LogP contribution is -2.29. The Labute approximate surface area is 133 Å². The molecule has 4 saturated carbocycles. The van der Waals surface area contributed by atoms with Gasteiger partial charge in [-0.2, -0.15) is 0 Å². The van der Waals surface area contributed by atoms with Crippen molar-refractivity contribution in [2.45, 2.75) is 103 Å². The van der Waals surface area contributed by atoms with Gasteiger partial charge in [0.25, 0.3) is 0 Å². The molecule has 4 rings (SSSR count). The van der Waals surface area contributed by atoms with Gasteiger partial charge in [0.1, 0.15) is 0 Å². The number of hydrogen-bond acceptors (Lipinski definition) is 0. The molecule has 0 bridgehead atoms. The van der Waals surface area contributed by atoms with Crippen molar-refractivity contribution in [2.24, 2.45) is 29.6 Å². The number of rotatable bonds is 0. The van der Waals surface area contributed by atoms with Crippen LogP contribution >= 0.6 is 0 Å². The predicted molar refractivity (Wildman–Crippen MR) is 92.4 cm³/mol. The molecule has 0 heteroatoms. The quantitative estimate of drug-likeness (QED) is 0.451. The Hall–Kier alpha value is 0. The molecule has 21 heavy (non-hydrogen) atoms. The Bertz CT molecular complexity index is 266. The third kappa shape index (κ3) is 4.26. The zero-order chi connectivity index (χ0) is 14.5. The highest BCUT2D eigenvalue weighted by Gasteiger charge is 2.32. The van der Waals surface area contributed by atoms with E-state index < -0.39 is 0 Å². The van der Waals surface area contributed by atoms with E-state index in [9.17, 15) is 0 Å². The second-order valence-electron chi connectivity index (χ2n) is 8.71. The first kappa shape index (κ1) is 15.9. The van der Waals surface area contributed by atoms with E-state index in [-0.39, 0.29) is 0 Å². The Balaban J connectivity index is 0.000000126. The molecule has 0 radical (unpaired) electrons. The highest BCUT2D eigenvalue weighted by Crippen LogP contribution is 2.43. The number of hydrogen-bond donors (Lipinski definition) is 0. The third-order valence-corrected chi connectivity index (χ3v) is 7.40. The Kier molecular flexibility index (Phi) is 6.07. The van der Waals surface area contributed by atoms with Gasteiger partial charge in [-0.15, -0.1) is 0 Å². The molecule has 0 N–H and O–H groups in total. The van der Waals surface area contributed by atoms with Crippen LogP contribution in [0.1, 0.15) is 103 Å². The molecule has 122 valence electrons. The van der Waals surface area contributed by atoms with E-state index in [4.69, 9.17) is 0 Å². The molecule has 4 aliphatic rings. The van der Waals surface area contributed by atoms with E-state index in [0.29, 0.717) is 0 Å². The van der Waals surface area contributed by atoms with Crippen molar-refractivity contribution >= 4 is 0 Å². The average molecular weight is 291 g/mol. The van der Waals surface area contributed by atoms with Gasteiger partial charge < -0.3 is 0 Å². The van der Waals surface area contributed by atoms with Crippen LogP contribution in [0.15, 0.2) is 0 Å². The smallest absolute Gasteiger partial charge is 0.0360 e. The standard InChI is InChI=1S/C11H20.C10H18/c1-9-5-4-7-10-6-2-3-8-11(9)10;1-2-6-10-8-4-3-7-9(10)5-1/h9-11H,2-8H2,1H3;9-10H,1-8H2. The van der Waals surface area contributed by atoms with Crippen molar-refractivity contribution in [1.29, 1.82) is 0 Å². The van der Waals surface area contributed by atoms with Gasteiger partial charge >= 0.3 is 0 Å². The summed E-state index contributed by atoms with van der Waals surface area (Å²) in [6.07, 6.45) is 23.1. The molecule has 3 unspecified atom stereocenters. The fraction of sp³-hybridized carbons (Fsp3) is 1.00. The maximum atomic E-state index is 2.47. The first-order chi connectivity index (χ1) is 10.3. The van der Waals surface area contributed by atoms with Gasteiger partial charge in [-0.3, -0.25) is 0 Å². The third-order valence-electron chi connectivity index (χ3n) is 7.40. The van der Waals surface area contributed by atoms with Crippen molar-refractivity contribution in [3.8, 4) is 0 Å². The van der Waals surface area contributed by atoms with E-state index in [2.05, 4.69) is 6.92 Å². The zero-order valence-corrected chi connectivity index (χ0v) is 14.5. The average Bonchev–Trinajstić information content (AvgIpc) is 2.56. The van der Waals surface area contributed by atoms with Crippen LogP contribution in [0.2, 0.25) is 0 Å². The molecule has 0 aromatic rings. The minimum absolute atomic E-state index is 1.05. The topological polar surface area (TPSA) is 0 Å². The predicted octanol–water partition coefficient (Wildman–Crippen LogP) is 6.98. The van der Waals surface area contributed by atoms with Crippen LogP contribution < -0.4 is 0 Å². The maximum absolute atomic E-state index is 2.47. The van der Waals surface area contributed by atoms with E-state index in [1.165, 1.54) is 51.4 Å². The Morgan fingerprint density at radius 2 is 0.857 bits per heavy atom. The van der Waals surface area contributed by atoms with Crippen LogP contribution in [0.4, 0.5) is 0 Å². The molecule has 0 spiro atoms. The van der Waals surface area contributed by atoms with Gasteiger partial charge in [-0.25, -0.2) is 0 Å². The molecular weight excluding hydrogens is 252 g/mol. The van der Waals surface area contributed by atoms with E-state index in [0.717, 1.165) is 29.6 Å². The van der Waals surface area contributed by atoms with Crippen LogP contribution in [0.25, 0.3) is 0 Å². The van der Waals surface area contributed by atoms with Crippen LogP contribution in [-0.2, 0) is 0 Å². The number of fused-ring (bicyclic) bond motifs is 2. The zero-order valence-electron chi connectivity index (χ0n) is 14.5. The molecular formula is C21H38. The lowest BCUT2D eigenvalue weighted by atomic mass is 9.66. The molecule has 4 fully saturated rings. The summed E-state index contributed by atoms with van der Waals surface area (Å²) >= 11 is 0. The van der Waals surface area contributed by atoms with Gasteiger partial charge in [-0.1, -0.05) is 96.8 Å². The lowest BCUT2D eigenvalue weighted by Gasteiger charge is -2.39. The highest BCUT2D eigenvalue weighted by molar-refractivity contribution is 4.83. The summed E-state index contributed by atoms with van der Waals surface area (Å²) in [5, 5.41) is 0. The summed E-state index contributed by atoms with van der Waals surface area (Å²) < 4.78 is 0. The largest absolute Gasteiger partial charge is 0.0622 e. The molecule has 0 aliphatic heterocycles. The van der Waals surface area contributed by atoms with Crippen LogP contribution in [-0.4, -0.2) is 0 Å². The first-order valence-electron chi connectivity index (χ1n) is 10.3. The molecule has 4 aliphatic carbocycles. The van der Waals surface area contributed by atoms with Crippen LogP contribution in [0.3, 0.4) is 0 Å². The van der Waals surface area contributed by atoms with Crippen molar-refractivity contribution < 1.29 is 0 Å². The summed E-state index contributed by atoms with van der Waals surface area (Å²) in [6.45, 7) is 2.47. The summed E-state index contributed by atoms with van der Waals surface area (Å²) in [5.41, 5.74) is 0. The second-order valence-corrected chi connectivity index (χ2v) is 8.71. The summed E-state index contributed by atoms with van der Waals surface area (Å²) in [6, 6.07) is 0. The van der Waals surface area contributed by atoms with Crippen LogP contribution in [0.5, 0.6) is 0 Å². The maximum Gasteiger partial charge on any atom is -0.0360 e. The van der Waals surface area contributed by atoms with Crippen molar-refractivity contribution in [3.63, 3.8) is 0 Å². The Morgan fingerprint density at radius 1 is 0.429 bits per heavy atom. The first-order valence-corrected chi connectivity index (χ1v) is 10.3. The fourth-order valence-corrected chi connectivity index (χ4v) is 6.12. The molecule has 0 aromatic carbocycles. The summed E-state index contributed by atoms with van der Waals surface area (Å²) in [4.78, 5) is 0. The Morgan fingerprint density at radius 3 is 1.38 bits per heavy atom. The minimum atomic E-state index is 1.05. The van der Waals surface area contributed by atoms with Crippen molar-refractivity contribution in [1.82, 2.24) is 0 Å². The minimum Gasteiger partial charge on any atom is -0.0622 e. The molecule has 0 nitrogen and oxygen atoms in total.